The first-order chi connectivity index (χ1) is 7.65. The molecule has 96 valence electrons. The van der Waals surface area contributed by atoms with Gasteiger partial charge in [-0.05, 0) is 12.1 Å². The molecule has 0 aliphatic carbocycles. The molecule has 0 unspecified atom stereocenters. The highest BCUT2D eigenvalue weighted by atomic mass is 32.2. The molecule has 0 heterocycles. The van der Waals surface area contributed by atoms with Crippen LogP contribution in [0.25, 0.3) is 0 Å². The van der Waals surface area contributed by atoms with E-state index in [1.807, 2.05) is 0 Å². The highest BCUT2D eigenvalue weighted by molar-refractivity contribution is 7.89. The predicted octanol–water partition coefficient (Wildman–Crippen LogP) is 1.24. The smallest absolute Gasteiger partial charge is 0.493 e. The standard InChI is InChI=1S/C8H8F3NO4S/c1-15-5-3-2-4-6(17(12,13)14)7(5)16-8(9,10)11/h2-4H,1H3,(H2,12,13,14). The lowest BCUT2D eigenvalue weighted by atomic mass is 10.3. The molecule has 0 aliphatic heterocycles. The fraction of sp³-hybridized carbons (Fsp3) is 0.250. The first-order valence-corrected chi connectivity index (χ1v) is 5.65. The zero-order chi connectivity index (χ0) is 13.3. The van der Waals surface area contributed by atoms with Gasteiger partial charge in [-0.3, -0.25) is 0 Å². The van der Waals surface area contributed by atoms with Crippen molar-refractivity contribution >= 4 is 10.0 Å². The summed E-state index contributed by atoms with van der Waals surface area (Å²) >= 11 is 0. The third kappa shape index (κ3) is 3.49. The lowest BCUT2D eigenvalue weighted by Crippen LogP contribution is -2.21. The lowest BCUT2D eigenvalue weighted by molar-refractivity contribution is -0.276. The van der Waals surface area contributed by atoms with Crippen molar-refractivity contribution < 1.29 is 31.1 Å². The summed E-state index contributed by atoms with van der Waals surface area (Å²) in [4.78, 5) is -0.797. The second kappa shape index (κ2) is 4.41. The van der Waals surface area contributed by atoms with Gasteiger partial charge in [-0.2, -0.15) is 0 Å². The number of para-hydroxylation sites is 1. The van der Waals surface area contributed by atoms with Crippen LogP contribution in [0.5, 0.6) is 11.5 Å². The average Bonchev–Trinajstić information content (AvgIpc) is 2.13. The third-order valence-electron chi connectivity index (χ3n) is 1.69. The molecule has 1 aromatic rings. The molecular formula is C8H8F3NO4S. The molecule has 0 saturated heterocycles. The van der Waals surface area contributed by atoms with Gasteiger partial charge in [-0.1, -0.05) is 6.07 Å². The number of halogens is 3. The van der Waals surface area contributed by atoms with Gasteiger partial charge in [-0.15, -0.1) is 13.2 Å². The van der Waals surface area contributed by atoms with Crippen LogP contribution in [-0.2, 0) is 10.0 Å². The van der Waals surface area contributed by atoms with E-state index in [0.29, 0.717) is 0 Å². The van der Waals surface area contributed by atoms with E-state index in [2.05, 4.69) is 9.47 Å². The fourth-order valence-electron chi connectivity index (χ4n) is 1.10. The van der Waals surface area contributed by atoms with Gasteiger partial charge < -0.3 is 9.47 Å². The van der Waals surface area contributed by atoms with E-state index in [1.54, 1.807) is 0 Å². The summed E-state index contributed by atoms with van der Waals surface area (Å²) in [5.74, 6) is -1.36. The largest absolute Gasteiger partial charge is 0.573 e. The Hall–Kier alpha value is -1.48. The van der Waals surface area contributed by atoms with Gasteiger partial charge in [0.1, 0.15) is 4.90 Å². The van der Waals surface area contributed by atoms with E-state index < -0.39 is 27.0 Å². The Morgan fingerprint density at radius 2 is 1.88 bits per heavy atom. The Morgan fingerprint density at radius 1 is 1.29 bits per heavy atom. The average molecular weight is 271 g/mol. The Kier molecular flexibility index (Phi) is 3.53. The number of hydrogen-bond donors (Lipinski definition) is 1. The zero-order valence-corrected chi connectivity index (χ0v) is 9.30. The van der Waals surface area contributed by atoms with Crippen LogP contribution < -0.4 is 14.6 Å². The number of hydrogen-bond acceptors (Lipinski definition) is 4. The molecule has 5 nitrogen and oxygen atoms in total. The summed E-state index contributed by atoms with van der Waals surface area (Å²) in [6.07, 6.45) is -5.05. The summed E-state index contributed by atoms with van der Waals surface area (Å²) in [6, 6.07) is 3.19. The van der Waals surface area contributed by atoms with Crippen LogP contribution >= 0.6 is 0 Å². The van der Waals surface area contributed by atoms with Crippen molar-refractivity contribution in [2.75, 3.05) is 7.11 Å². The van der Waals surface area contributed by atoms with Crippen LogP contribution in [0, 0.1) is 0 Å². The minimum absolute atomic E-state index is 0.381. The van der Waals surface area contributed by atoms with Crippen molar-refractivity contribution in [2.24, 2.45) is 5.14 Å². The maximum atomic E-state index is 12.1. The molecule has 0 spiro atoms. The summed E-state index contributed by atoms with van der Waals surface area (Å²) in [5, 5.41) is 4.77. The molecular weight excluding hydrogens is 263 g/mol. The molecule has 0 aliphatic rings. The second-order valence-corrected chi connectivity index (χ2v) is 4.41. The van der Waals surface area contributed by atoms with Crippen LogP contribution in [0.1, 0.15) is 0 Å². The number of benzene rings is 1. The number of ether oxygens (including phenoxy) is 2. The highest BCUT2D eigenvalue weighted by Crippen LogP contribution is 2.37. The third-order valence-corrected chi connectivity index (χ3v) is 2.62. The Balaban J connectivity index is 3.42. The van der Waals surface area contributed by atoms with Crippen LogP contribution in [0.2, 0.25) is 0 Å². The van der Waals surface area contributed by atoms with Crippen LogP contribution in [-0.4, -0.2) is 21.9 Å². The van der Waals surface area contributed by atoms with Gasteiger partial charge >= 0.3 is 6.36 Å². The maximum absolute atomic E-state index is 12.1. The molecule has 0 aromatic heterocycles. The normalized spacial score (nSPS) is 12.3. The number of primary sulfonamides is 1. The number of nitrogens with two attached hydrogens (primary N) is 1. The molecule has 0 fully saturated rings. The number of sulfonamides is 1. The van der Waals surface area contributed by atoms with E-state index in [-0.39, 0.29) is 5.75 Å². The molecule has 1 rings (SSSR count). The molecule has 1 aromatic carbocycles. The quantitative estimate of drug-likeness (QED) is 0.897. The van der Waals surface area contributed by atoms with Gasteiger partial charge in [0.25, 0.3) is 0 Å². The Labute approximate surface area is 95.0 Å². The van der Waals surface area contributed by atoms with Crippen LogP contribution in [0.3, 0.4) is 0 Å². The van der Waals surface area contributed by atoms with Crippen LogP contribution in [0.15, 0.2) is 23.1 Å². The SMILES string of the molecule is COc1cccc(S(N)(=O)=O)c1OC(F)(F)F. The molecule has 0 amide bonds. The topological polar surface area (TPSA) is 78.6 Å². The number of alkyl halides is 3. The predicted molar refractivity (Wildman–Crippen MR) is 51.1 cm³/mol. The highest BCUT2D eigenvalue weighted by Gasteiger charge is 2.35. The van der Waals surface area contributed by atoms with Crippen molar-refractivity contribution in [2.45, 2.75) is 11.3 Å². The van der Waals surface area contributed by atoms with Crippen molar-refractivity contribution in [1.82, 2.24) is 0 Å². The zero-order valence-electron chi connectivity index (χ0n) is 8.48. The van der Waals surface area contributed by atoms with E-state index >= 15 is 0 Å². The summed E-state index contributed by atoms with van der Waals surface area (Å²) < 4.78 is 66.7. The Morgan fingerprint density at radius 3 is 2.29 bits per heavy atom. The molecule has 0 radical (unpaired) electrons. The lowest BCUT2D eigenvalue weighted by Gasteiger charge is -2.14. The molecule has 0 saturated carbocycles. The summed E-state index contributed by atoms with van der Waals surface area (Å²) in [7, 11) is -3.27. The number of rotatable bonds is 3. The maximum Gasteiger partial charge on any atom is 0.573 e. The van der Waals surface area contributed by atoms with Crippen molar-refractivity contribution in [1.29, 1.82) is 0 Å². The summed E-state index contributed by atoms with van der Waals surface area (Å²) in [6.45, 7) is 0. The van der Waals surface area contributed by atoms with Crippen LogP contribution in [0.4, 0.5) is 13.2 Å². The van der Waals surface area contributed by atoms with Gasteiger partial charge in [0.05, 0.1) is 7.11 Å². The first kappa shape index (κ1) is 13.6. The van der Waals surface area contributed by atoms with Gasteiger partial charge in [-0.25, -0.2) is 13.6 Å². The van der Waals surface area contributed by atoms with E-state index in [4.69, 9.17) is 5.14 Å². The van der Waals surface area contributed by atoms with Crippen molar-refractivity contribution in [3.63, 3.8) is 0 Å². The minimum atomic E-state index is -5.05. The first-order valence-electron chi connectivity index (χ1n) is 4.10. The molecule has 9 heteroatoms. The molecule has 0 bridgehead atoms. The fourth-order valence-corrected chi connectivity index (χ4v) is 1.77. The monoisotopic (exact) mass is 271 g/mol. The number of methoxy groups -OCH3 is 1. The van der Waals surface area contributed by atoms with Crippen molar-refractivity contribution in [3.05, 3.63) is 18.2 Å². The van der Waals surface area contributed by atoms with Gasteiger partial charge in [0.2, 0.25) is 10.0 Å². The van der Waals surface area contributed by atoms with Gasteiger partial charge in [0, 0.05) is 0 Å². The second-order valence-electron chi connectivity index (χ2n) is 2.88. The summed E-state index contributed by atoms with van der Waals surface area (Å²) in [5.41, 5.74) is 0. The molecule has 17 heavy (non-hydrogen) atoms. The minimum Gasteiger partial charge on any atom is -0.493 e. The van der Waals surface area contributed by atoms with E-state index in [9.17, 15) is 21.6 Å². The molecule has 2 N–H and O–H groups in total. The Bertz CT molecular complexity index is 512. The van der Waals surface area contributed by atoms with Crippen molar-refractivity contribution in [3.8, 4) is 11.5 Å². The van der Waals surface area contributed by atoms with E-state index in [0.717, 1.165) is 19.2 Å². The van der Waals surface area contributed by atoms with Gasteiger partial charge in [0.15, 0.2) is 11.5 Å². The molecule has 0 atom stereocenters. The van der Waals surface area contributed by atoms with E-state index in [1.165, 1.54) is 6.07 Å².